The third kappa shape index (κ3) is 4.09. The van der Waals surface area contributed by atoms with E-state index in [0.717, 1.165) is 38.7 Å². The zero-order valence-electron chi connectivity index (χ0n) is 10.6. The first-order chi connectivity index (χ1) is 8.29. The Bertz CT molecular complexity index is 209. The Morgan fingerprint density at radius 2 is 1.76 bits per heavy atom. The second kappa shape index (κ2) is 6.93. The molecule has 0 spiro atoms. The van der Waals surface area contributed by atoms with Crippen LogP contribution in [0.25, 0.3) is 0 Å². The lowest BCUT2D eigenvalue weighted by Gasteiger charge is -2.36. The Balaban J connectivity index is 1.68. The highest BCUT2D eigenvalue weighted by atomic mass is 35.5. The van der Waals surface area contributed by atoms with Crippen LogP contribution in [0.5, 0.6) is 0 Å². The highest BCUT2D eigenvalue weighted by Gasteiger charge is 2.32. The van der Waals surface area contributed by atoms with Gasteiger partial charge < -0.3 is 14.2 Å². The van der Waals surface area contributed by atoms with E-state index in [4.69, 9.17) is 25.8 Å². The van der Waals surface area contributed by atoms with Gasteiger partial charge in [-0.15, -0.1) is 11.6 Å². The van der Waals surface area contributed by atoms with Crippen LogP contribution in [0.15, 0.2) is 0 Å². The zero-order chi connectivity index (χ0) is 12.1. The zero-order valence-corrected chi connectivity index (χ0v) is 11.3. The molecule has 0 aromatic heterocycles. The van der Waals surface area contributed by atoms with E-state index in [-0.39, 0.29) is 12.4 Å². The van der Waals surface area contributed by atoms with Gasteiger partial charge in [0.25, 0.3) is 0 Å². The Morgan fingerprint density at radius 3 is 2.35 bits per heavy atom. The molecule has 0 aromatic rings. The van der Waals surface area contributed by atoms with Crippen molar-refractivity contribution in [2.24, 2.45) is 5.92 Å². The quantitative estimate of drug-likeness (QED) is 0.729. The van der Waals surface area contributed by atoms with Gasteiger partial charge in [-0.3, -0.25) is 0 Å². The number of ether oxygens (including phenoxy) is 3. The molecule has 0 bridgehead atoms. The first-order valence-electron chi connectivity index (χ1n) is 6.78. The van der Waals surface area contributed by atoms with E-state index in [2.05, 4.69) is 6.92 Å². The van der Waals surface area contributed by atoms with Gasteiger partial charge >= 0.3 is 0 Å². The SMILES string of the molecule is CCCOC1COC(C2CCC(Cl)CC2)OC1. The molecule has 1 saturated carbocycles. The van der Waals surface area contributed by atoms with Crippen LogP contribution in [-0.2, 0) is 14.2 Å². The molecule has 1 saturated heterocycles. The topological polar surface area (TPSA) is 27.7 Å². The fraction of sp³-hybridized carbons (Fsp3) is 1.00. The van der Waals surface area contributed by atoms with Gasteiger partial charge in [-0.1, -0.05) is 6.92 Å². The fourth-order valence-corrected chi connectivity index (χ4v) is 2.76. The normalized spacial score (nSPS) is 39.2. The molecule has 0 aromatic carbocycles. The largest absolute Gasteiger partial charge is 0.373 e. The molecule has 3 nitrogen and oxygen atoms in total. The second-order valence-electron chi connectivity index (χ2n) is 5.04. The smallest absolute Gasteiger partial charge is 0.160 e. The van der Waals surface area contributed by atoms with Crippen LogP contribution >= 0.6 is 11.6 Å². The Labute approximate surface area is 109 Å². The van der Waals surface area contributed by atoms with E-state index in [1.165, 1.54) is 0 Å². The highest BCUT2D eigenvalue weighted by molar-refractivity contribution is 6.20. The van der Waals surface area contributed by atoms with E-state index < -0.39 is 0 Å². The molecule has 1 aliphatic heterocycles. The van der Waals surface area contributed by atoms with Crippen molar-refractivity contribution in [2.45, 2.75) is 56.8 Å². The van der Waals surface area contributed by atoms with Crippen molar-refractivity contribution < 1.29 is 14.2 Å². The summed E-state index contributed by atoms with van der Waals surface area (Å²) in [5, 5.41) is 0.357. The molecule has 17 heavy (non-hydrogen) atoms. The predicted molar refractivity (Wildman–Crippen MR) is 67.3 cm³/mol. The average Bonchev–Trinajstić information content (AvgIpc) is 2.38. The Kier molecular flexibility index (Phi) is 5.54. The molecular weight excluding hydrogens is 240 g/mol. The van der Waals surface area contributed by atoms with Crippen LogP contribution in [-0.4, -0.2) is 37.6 Å². The minimum absolute atomic E-state index is 0.0272. The molecule has 2 aliphatic rings. The lowest BCUT2D eigenvalue weighted by molar-refractivity contribution is -0.248. The molecule has 1 heterocycles. The van der Waals surface area contributed by atoms with Gasteiger partial charge in [0.1, 0.15) is 6.10 Å². The van der Waals surface area contributed by atoms with Crippen LogP contribution in [0.4, 0.5) is 0 Å². The lowest BCUT2D eigenvalue weighted by atomic mass is 9.88. The van der Waals surface area contributed by atoms with Crippen LogP contribution in [0.1, 0.15) is 39.0 Å². The summed E-state index contributed by atoms with van der Waals surface area (Å²) in [6.45, 7) is 4.24. The molecule has 2 rings (SSSR count). The third-order valence-corrected chi connectivity index (χ3v) is 3.97. The monoisotopic (exact) mass is 262 g/mol. The Morgan fingerprint density at radius 1 is 1.12 bits per heavy atom. The molecule has 4 heteroatoms. The maximum atomic E-state index is 6.10. The van der Waals surface area contributed by atoms with Crippen LogP contribution in [0.3, 0.4) is 0 Å². The fourth-order valence-electron chi connectivity index (χ4n) is 2.50. The molecule has 0 unspecified atom stereocenters. The maximum absolute atomic E-state index is 6.10. The molecule has 100 valence electrons. The van der Waals surface area contributed by atoms with Gasteiger partial charge in [-0.2, -0.15) is 0 Å². The molecule has 0 atom stereocenters. The number of hydrogen-bond donors (Lipinski definition) is 0. The van der Waals surface area contributed by atoms with Crippen LogP contribution in [0, 0.1) is 5.92 Å². The second-order valence-corrected chi connectivity index (χ2v) is 5.66. The number of alkyl halides is 1. The van der Waals surface area contributed by atoms with Crippen molar-refractivity contribution in [1.82, 2.24) is 0 Å². The summed E-state index contributed by atoms with van der Waals surface area (Å²) in [6, 6.07) is 0. The van der Waals surface area contributed by atoms with Crippen molar-refractivity contribution in [3.63, 3.8) is 0 Å². The van der Waals surface area contributed by atoms with Gasteiger partial charge in [-0.05, 0) is 32.1 Å². The van der Waals surface area contributed by atoms with E-state index in [1.807, 2.05) is 0 Å². The van der Waals surface area contributed by atoms with Crippen molar-refractivity contribution in [3.8, 4) is 0 Å². The van der Waals surface area contributed by atoms with E-state index in [0.29, 0.717) is 24.5 Å². The summed E-state index contributed by atoms with van der Waals surface area (Å²) in [5.41, 5.74) is 0. The first kappa shape index (κ1) is 13.6. The molecule has 2 fully saturated rings. The molecule has 1 aliphatic carbocycles. The molecule has 0 radical (unpaired) electrons. The summed E-state index contributed by atoms with van der Waals surface area (Å²) in [4.78, 5) is 0. The summed E-state index contributed by atoms with van der Waals surface area (Å²) in [7, 11) is 0. The summed E-state index contributed by atoms with van der Waals surface area (Å²) < 4.78 is 17.2. The van der Waals surface area contributed by atoms with Crippen LogP contribution in [0.2, 0.25) is 0 Å². The molecule has 0 amide bonds. The van der Waals surface area contributed by atoms with Gasteiger partial charge in [0.2, 0.25) is 0 Å². The van der Waals surface area contributed by atoms with E-state index in [1.54, 1.807) is 0 Å². The number of rotatable bonds is 4. The van der Waals surface area contributed by atoms with E-state index in [9.17, 15) is 0 Å². The minimum atomic E-state index is -0.0272. The van der Waals surface area contributed by atoms with Gasteiger partial charge in [-0.25, -0.2) is 0 Å². The highest BCUT2D eigenvalue weighted by Crippen LogP contribution is 2.32. The first-order valence-corrected chi connectivity index (χ1v) is 7.22. The van der Waals surface area contributed by atoms with Crippen molar-refractivity contribution in [3.05, 3.63) is 0 Å². The summed E-state index contributed by atoms with van der Waals surface area (Å²) in [6.07, 6.45) is 5.56. The summed E-state index contributed by atoms with van der Waals surface area (Å²) in [5.74, 6) is 0.525. The maximum Gasteiger partial charge on any atom is 0.160 e. The Hall–Kier alpha value is 0.170. The standard InChI is InChI=1S/C13H23ClO3/c1-2-7-15-12-8-16-13(17-9-12)10-3-5-11(14)6-4-10/h10-13H,2-9H2,1H3. The molecular formula is C13H23ClO3. The number of hydrogen-bond acceptors (Lipinski definition) is 3. The van der Waals surface area contributed by atoms with Gasteiger partial charge in [0, 0.05) is 17.9 Å². The molecule has 0 N–H and O–H groups in total. The van der Waals surface area contributed by atoms with Crippen molar-refractivity contribution in [2.75, 3.05) is 19.8 Å². The van der Waals surface area contributed by atoms with Crippen LogP contribution < -0.4 is 0 Å². The van der Waals surface area contributed by atoms with Gasteiger partial charge in [0.15, 0.2) is 6.29 Å². The third-order valence-electron chi connectivity index (χ3n) is 3.54. The van der Waals surface area contributed by atoms with E-state index >= 15 is 0 Å². The van der Waals surface area contributed by atoms with Gasteiger partial charge in [0.05, 0.1) is 13.2 Å². The average molecular weight is 263 g/mol. The van der Waals surface area contributed by atoms with Crippen molar-refractivity contribution >= 4 is 11.6 Å². The predicted octanol–water partition coefficient (Wildman–Crippen LogP) is 2.95. The number of halogens is 1. The lowest BCUT2D eigenvalue weighted by Crippen LogP contribution is -2.42. The van der Waals surface area contributed by atoms with Crippen molar-refractivity contribution in [1.29, 1.82) is 0 Å². The summed E-state index contributed by atoms with van der Waals surface area (Å²) >= 11 is 6.10. The minimum Gasteiger partial charge on any atom is -0.373 e.